The van der Waals surface area contributed by atoms with Crippen LogP contribution < -0.4 is 4.90 Å². The molecule has 0 aliphatic heterocycles. The fourth-order valence-corrected chi connectivity index (χ4v) is 7.38. The number of aromatic nitrogens is 1. The maximum absolute atomic E-state index is 6.61. The highest BCUT2D eigenvalue weighted by atomic mass is 16.3. The summed E-state index contributed by atoms with van der Waals surface area (Å²) >= 11 is 0. The summed E-state index contributed by atoms with van der Waals surface area (Å²) in [6.45, 7) is 0. The van der Waals surface area contributed by atoms with E-state index >= 15 is 0 Å². The molecule has 0 N–H and O–H groups in total. The Morgan fingerprint density at radius 3 is 1.60 bits per heavy atom. The summed E-state index contributed by atoms with van der Waals surface area (Å²) < 4.78 is 13.0. The third-order valence-corrected chi connectivity index (χ3v) is 9.94. The number of nitrogens with zero attached hydrogens (tertiary/aromatic N) is 2. The third kappa shape index (κ3) is 5.45. The second kappa shape index (κ2) is 12.9. The van der Waals surface area contributed by atoms with Crippen LogP contribution >= 0.6 is 0 Å². The SMILES string of the molecule is c1ccc(-c2ccc(N(c3ccc(-c4ccc(-c5ccccc5)c5nc(-c6ccccc6)oc45)cc3)c3cccc4oc5ccccc5c34)cc2)cc1. The topological polar surface area (TPSA) is 42.4 Å². The largest absolute Gasteiger partial charge is 0.456 e. The predicted octanol–water partition coefficient (Wildman–Crippen LogP) is 13.9. The van der Waals surface area contributed by atoms with Gasteiger partial charge in [0.25, 0.3) is 0 Å². The smallest absolute Gasteiger partial charge is 0.227 e. The van der Waals surface area contributed by atoms with Crippen LogP contribution in [0.2, 0.25) is 0 Å². The van der Waals surface area contributed by atoms with Crippen molar-refractivity contribution in [3.05, 3.63) is 194 Å². The zero-order valence-corrected chi connectivity index (χ0v) is 28.7. The van der Waals surface area contributed by atoms with Crippen LogP contribution in [0.15, 0.2) is 203 Å². The van der Waals surface area contributed by atoms with Crippen molar-refractivity contribution in [3.63, 3.8) is 0 Å². The molecule has 0 radical (unpaired) electrons. The van der Waals surface area contributed by atoms with Gasteiger partial charge in [-0.2, -0.15) is 0 Å². The quantitative estimate of drug-likeness (QED) is 0.168. The van der Waals surface area contributed by atoms with Crippen LogP contribution in [0.25, 0.3) is 77.9 Å². The van der Waals surface area contributed by atoms with E-state index in [4.69, 9.17) is 13.8 Å². The van der Waals surface area contributed by atoms with Gasteiger partial charge in [-0.05, 0) is 82.9 Å². The fraction of sp³-hybridized carbons (Fsp3) is 0. The number of fused-ring (bicyclic) bond motifs is 4. The molecule has 0 fully saturated rings. The molecular weight excluding hydrogens is 649 g/mol. The molecule has 4 heteroatoms. The van der Waals surface area contributed by atoms with E-state index in [0.717, 1.165) is 77.9 Å². The number of benzene rings is 8. The van der Waals surface area contributed by atoms with Crippen molar-refractivity contribution in [1.29, 1.82) is 0 Å². The lowest BCUT2D eigenvalue weighted by molar-refractivity contribution is 0.621. The first kappa shape index (κ1) is 30.6. The van der Waals surface area contributed by atoms with Crippen molar-refractivity contribution in [2.75, 3.05) is 4.90 Å². The van der Waals surface area contributed by atoms with E-state index in [9.17, 15) is 0 Å². The molecule has 2 heterocycles. The van der Waals surface area contributed by atoms with Crippen LogP contribution in [-0.4, -0.2) is 4.98 Å². The number of furan rings is 1. The van der Waals surface area contributed by atoms with Crippen molar-refractivity contribution in [2.45, 2.75) is 0 Å². The standard InChI is InChI=1S/C49H32N2O2/c1-4-13-33(14-5-1)34-23-27-38(28-24-34)51(43-20-12-22-45-46(43)42-19-10-11-21-44(42)52-45)39-29-25-36(26-30-39)41-32-31-40(35-15-6-2-7-16-35)47-48(41)53-49(50-47)37-17-8-3-9-18-37/h1-32H. The summed E-state index contributed by atoms with van der Waals surface area (Å²) in [6, 6.07) is 67.3. The highest BCUT2D eigenvalue weighted by Gasteiger charge is 2.21. The van der Waals surface area contributed by atoms with Crippen LogP contribution in [0.3, 0.4) is 0 Å². The fourth-order valence-electron chi connectivity index (χ4n) is 7.38. The number of hydrogen-bond acceptors (Lipinski definition) is 4. The lowest BCUT2D eigenvalue weighted by Crippen LogP contribution is -2.10. The van der Waals surface area contributed by atoms with Gasteiger partial charge in [-0.25, -0.2) is 4.98 Å². The first-order chi connectivity index (χ1) is 26.3. The first-order valence-corrected chi connectivity index (χ1v) is 17.8. The summed E-state index contributed by atoms with van der Waals surface area (Å²) in [7, 11) is 0. The van der Waals surface area contributed by atoms with Gasteiger partial charge in [0.05, 0.1) is 11.1 Å². The van der Waals surface area contributed by atoms with E-state index in [1.807, 2.05) is 60.7 Å². The minimum atomic E-state index is 0.604. The highest BCUT2D eigenvalue weighted by molar-refractivity contribution is 6.13. The number of anilines is 3. The van der Waals surface area contributed by atoms with E-state index < -0.39 is 0 Å². The van der Waals surface area contributed by atoms with Crippen LogP contribution in [0.5, 0.6) is 0 Å². The van der Waals surface area contributed by atoms with Gasteiger partial charge < -0.3 is 13.7 Å². The van der Waals surface area contributed by atoms with Crippen molar-refractivity contribution in [1.82, 2.24) is 4.98 Å². The molecule has 10 rings (SSSR count). The zero-order chi connectivity index (χ0) is 35.1. The minimum absolute atomic E-state index is 0.604. The Labute approximate surface area is 306 Å². The molecule has 250 valence electrons. The van der Waals surface area contributed by atoms with E-state index in [0.29, 0.717) is 5.89 Å². The molecule has 0 saturated heterocycles. The monoisotopic (exact) mass is 680 g/mol. The molecule has 0 aliphatic rings. The zero-order valence-electron chi connectivity index (χ0n) is 28.7. The highest BCUT2D eigenvalue weighted by Crippen LogP contribution is 2.44. The maximum atomic E-state index is 6.61. The Bertz CT molecular complexity index is 2860. The Hall–Kier alpha value is -7.17. The average Bonchev–Trinajstić information content (AvgIpc) is 3.86. The lowest BCUT2D eigenvalue weighted by atomic mass is 9.98. The molecule has 0 saturated carbocycles. The number of hydrogen-bond donors (Lipinski definition) is 0. The van der Waals surface area contributed by atoms with Crippen LogP contribution in [0, 0.1) is 0 Å². The molecule has 53 heavy (non-hydrogen) atoms. The van der Waals surface area contributed by atoms with Crippen molar-refractivity contribution >= 4 is 50.1 Å². The Balaban J connectivity index is 1.12. The molecule has 0 atom stereocenters. The summed E-state index contributed by atoms with van der Waals surface area (Å²) in [4.78, 5) is 7.38. The van der Waals surface area contributed by atoms with Gasteiger partial charge >= 0.3 is 0 Å². The lowest BCUT2D eigenvalue weighted by Gasteiger charge is -2.26. The van der Waals surface area contributed by atoms with Gasteiger partial charge in [0.1, 0.15) is 16.7 Å². The first-order valence-electron chi connectivity index (χ1n) is 17.8. The summed E-state index contributed by atoms with van der Waals surface area (Å²) in [5, 5.41) is 2.16. The summed E-state index contributed by atoms with van der Waals surface area (Å²) in [5.74, 6) is 0.604. The summed E-state index contributed by atoms with van der Waals surface area (Å²) in [5.41, 5.74) is 13.9. The number of oxazole rings is 1. The normalized spacial score (nSPS) is 11.4. The van der Waals surface area contributed by atoms with Crippen molar-refractivity contribution in [3.8, 4) is 44.8 Å². The van der Waals surface area contributed by atoms with Gasteiger partial charge in [-0.1, -0.05) is 133 Å². The molecule has 0 amide bonds. The van der Waals surface area contributed by atoms with E-state index in [-0.39, 0.29) is 0 Å². The van der Waals surface area contributed by atoms with Gasteiger partial charge in [-0.15, -0.1) is 0 Å². The minimum Gasteiger partial charge on any atom is -0.456 e. The molecular formula is C49H32N2O2. The van der Waals surface area contributed by atoms with E-state index in [1.54, 1.807) is 0 Å². The molecule has 0 aliphatic carbocycles. The average molecular weight is 681 g/mol. The third-order valence-electron chi connectivity index (χ3n) is 9.94. The second-order valence-electron chi connectivity index (χ2n) is 13.1. The van der Waals surface area contributed by atoms with E-state index in [2.05, 4.69) is 138 Å². The maximum Gasteiger partial charge on any atom is 0.227 e. The van der Waals surface area contributed by atoms with Gasteiger partial charge in [0.2, 0.25) is 5.89 Å². The molecule has 8 aromatic carbocycles. The predicted molar refractivity (Wildman–Crippen MR) is 218 cm³/mol. The Kier molecular flexibility index (Phi) is 7.43. The van der Waals surface area contributed by atoms with Crippen molar-refractivity contribution in [2.24, 2.45) is 0 Å². The van der Waals surface area contributed by atoms with Gasteiger partial charge in [-0.3, -0.25) is 0 Å². The van der Waals surface area contributed by atoms with Crippen molar-refractivity contribution < 1.29 is 8.83 Å². The molecule has 0 spiro atoms. The van der Waals surface area contributed by atoms with E-state index in [1.165, 1.54) is 11.1 Å². The van der Waals surface area contributed by atoms with Gasteiger partial charge in [0, 0.05) is 33.5 Å². The van der Waals surface area contributed by atoms with Crippen LogP contribution in [-0.2, 0) is 0 Å². The number of para-hydroxylation sites is 1. The molecule has 10 aromatic rings. The molecule has 0 unspecified atom stereocenters. The van der Waals surface area contributed by atoms with Crippen LogP contribution in [0.4, 0.5) is 17.1 Å². The molecule has 2 aromatic heterocycles. The molecule has 4 nitrogen and oxygen atoms in total. The Morgan fingerprint density at radius 1 is 0.377 bits per heavy atom. The van der Waals surface area contributed by atoms with Crippen LogP contribution in [0.1, 0.15) is 0 Å². The summed E-state index contributed by atoms with van der Waals surface area (Å²) in [6.07, 6.45) is 0. The van der Waals surface area contributed by atoms with Gasteiger partial charge in [0.15, 0.2) is 5.58 Å². The second-order valence-corrected chi connectivity index (χ2v) is 13.1. The Morgan fingerprint density at radius 2 is 0.906 bits per heavy atom. The molecule has 0 bridgehead atoms. The number of rotatable bonds is 7.